The van der Waals surface area contributed by atoms with Crippen LogP contribution in [0, 0.1) is 0 Å². The van der Waals surface area contributed by atoms with Crippen LogP contribution < -0.4 is 0 Å². The van der Waals surface area contributed by atoms with E-state index in [-0.39, 0.29) is 0 Å². The van der Waals surface area contributed by atoms with Crippen molar-refractivity contribution in [1.29, 1.82) is 0 Å². The van der Waals surface area contributed by atoms with E-state index < -0.39 is 0 Å². The van der Waals surface area contributed by atoms with Crippen LogP contribution in [0.15, 0.2) is 30.6 Å². The summed E-state index contributed by atoms with van der Waals surface area (Å²) >= 11 is 0. The lowest BCUT2D eigenvalue weighted by molar-refractivity contribution is 0.768. The van der Waals surface area contributed by atoms with Crippen molar-refractivity contribution < 1.29 is 0 Å². The second kappa shape index (κ2) is 3.23. The Morgan fingerprint density at radius 1 is 1.13 bits per heavy atom. The quantitative estimate of drug-likeness (QED) is 0.688. The lowest BCUT2D eigenvalue weighted by Crippen LogP contribution is -1.85. The molecule has 0 saturated carbocycles. The highest BCUT2D eigenvalue weighted by Crippen LogP contribution is 2.27. The monoisotopic (exact) mass is 198 g/mol. The molecule has 1 aromatic carbocycles. The Balaban J connectivity index is 2.06. The fraction of sp³-hybridized carbons (Fsp3) is 0.308. The first kappa shape index (κ1) is 8.72. The third-order valence-electron chi connectivity index (χ3n) is 3.14. The molecule has 0 bridgehead atoms. The molecule has 2 heteroatoms. The van der Waals surface area contributed by atoms with Crippen LogP contribution in [0.4, 0.5) is 0 Å². The number of rotatable bonds is 1. The Labute approximate surface area is 89.5 Å². The molecule has 0 amide bonds. The van der Waals surface area contributed by atoms with Crippen LogP contribution in [0.5, 0.6) is 0 Å². The van der Waals surface area contributed by atoms with Gasteiger partial charge in [0, 0.05) is 18.8 Å². The Hall–Kier alpha value is -1.57. The molecule has 0 aliphatic heterocycles. The predicted molar refractivity (Wildman–Crippen MR) is 60.7 cm³/mol. The van der Waals surface area contributed by atoms with E-state index in [1.165, 1.54) is 41.5 Å². The summed E-state index contributed by atoms with van der Waals surface area (Å²) in [5.41, 5.74) is 5.56. The van der Waals surface area contributed by atoms with Gasteiger partial charge in [0.05, 0.1) is 6.20 Å². The lowest BCUT2D eigenvalue weighted by Gasteiger charge is -2.02. The molecule has 2 nitrogen and oxygen atoms in total. The molecule has 0 unspecified atom stereocenters. The van der Waals surface area contributed by atoms with Crippen molar-refractivity contribution in [2.45, 2.75) is 19.3 Å². The third-order valence-corrected chi connectivity index (χ3v) is 3.14. The first-order valence-corrected chi connectivity index (χ1v) is 5.44. The van der Waals surface area contributed by atoms with Crippen LogP contribution in [0.1, 0.15) is 17.5 Å². The van der Waals surface area contributed by atoms with Gasteiger partial charge in [-0.1, -0.05) is 18.2 Å². The molecule has 2 aromatic rings. The molecular formula is C13H14N2. The summed E-state index contributed by atoms with van der Waals surface area (Å²) in [6.45, 7) is 0. The van der Waals surface area contributed by atoms with E-state index in [1.54, 1.807) is 0 Å². The van der Waals surface area contributed by atoms with Crippen LogP contribution in [0.3, 0.4) is 0 Å². The molecule has 0 N–H and O–H groups in total. The van der Waals surface area contributed by atoms with E-state index in [2.05, 4.69) is 29.5 Å². The molecule has 1 aliphatic carbocycles. The van der Waals surface area contributed by atoms with Crippen molar-refractivity contribution in [1.82, 2.24) is 9.78 Å². The minimum atomic E-state index is 1.22. The average molecular weight is 198 g/mol. The van der Waals surface area contributed by atoms with Crippen LogP contribution in [-0.2, 0) is 19.9 Å². The second-order valence-electron chi connectivity index (χ2n) is 4.24. The first-order chi connectivity index (χ1) is 7.33. The summed E-state index contributed by atoms with van der Waals surface area (Å²) < 4.78 is 1.85. The Bertz CT molecular complexity index is 497. The highest BCUT2D eigenvalue weighted by molar-refractivity contribution is 5.63. The Kier molecular flexibility index (Phi) is 1.88. The van der Waals surface area contributed by atoms with Gasteiger partial charge in [0.25, 0.3) is 0 Å². The topological polar surface area (TPSA) is 17.8 Å². The molecule has 76 valence electrons. The number of hydrogen-bond donors (Lipinski definition) is 0. The summed E-state index contributed by atoms with van der Waals surface area (Å²) in [7, 11) is 1.96. The molecule has 0 saturated heterocycles. The van der Waals surface area contributed by atoms with Crippen molar-refractivity contribution >= 4 is 0 Å². The summed E-state index contributed by atoms with van der Waals surface area (Å²) in [4.78, 5) is 0. The van der Waals surface area contributed by atoms with Gasteiger partial charge in [0.1, 0.15) is 0 Å². The normalized spacial score (nSPS) is 14.2. The molecule has 0 fully saturated rings. The van der Waals surface area contributed by atoms with Gasteiger partial charge in [-0.15, -0.1) is 0 Å². The standard InChI is InChI=1S/C13H14N2/c1-15-9-13(8-14-15)12-6-5-10-3-2-4-11(10)7-12/h5-9H,2-4H2,1H3. The summed E-state index contributed by atoms with van der Waals surface area (Å²) in [5.74, 6) is 0. The van der Waals surface area contributed by atoms with Crippen molar-refractivity contribution in [3.05, 3.63) is 41.7 Å². The summed E-state index contributed by atoms with van der Waals surface area (Å²) in [5, 5.41) is 4.20. The SMILES string of the molecule is Cn1cc(-c2ccc3c(c2)CCC3)cn1. The molecule has 0 radical (unpaired) electrons. The predicted octanol–water partition coefficient (Wildman–Crippen LogP) is 2.58. The Morgan fingerprint density at radius 3 is 2.80 bits per heavy atom. The van der Waals surface area contributed by atoms with Gasteiger partial charge in [-0.3, -0.25) is 4.68 Å². The summed E-state index contributed by atoms with van der Waals surface area (Å²) in [6, 6.07) is 6.80. The zero-order chi connectivity index (χ0) is 10.3. The molecule has 0 spiro atoms. The van der Waals surface area contributed by atoms with Crippen molar-refractivity contribution in [3.8, 4) is 11.1 Å². The maximum atomic E-state index is 4.20. The van der Waals surface area contributed by atoms with Gasteiger partial charge >= 0.3 is 0 Å². The largest absolute Gasteiger partial charge is 0.275 e. The molecule has 1 aliphatic rings. The molecule has 0 atom stereocenters. The minimum absolute atomic E-state index is 1.22. The third kappa shape index (κ3) is 1.46. The molecule has 1 aromatic heterocycles. The number of benzene rings is 1. The van der Waals surface area contributed by atoms with E-state index in [4.69, 9.17) is 0 Å². The van der Waals surface area contributed by atoms with Crippen molar-refractivity contribution in [2.24, 2.45) is 7.05 Å². The molecule has 1 heterocycles. The van der Waals surface area contributed by atoms with Crippen molar-refractivity contribution in [3.63, 3.8) is 0 Å². The zero-order valence-electron chi connectivity index (χ0n) is 8.90. The van der Waals surface area contributed by atoms with Crippen molar-refractivity contribution in [2.75, 3.05) is 0 Å². The number of nitrogens with zero attached hydrogens (tertiary/aromatic N) is 2. The van der Waals surface area contributed by atoms with E-state index in [9.17, 15) is 0 Å². The summed E-state index contributed by atoms with van der Waals surface area (Å²) in [6.07, 6.45) is 7.80. The first-order valence-electron chi connectivity index (χ1n) is 5.44. The second-order valence-corrected chi connectivity index (χ2v) is 4.24. The van der Waals surface area contributed by atoms with E-state index >= 15 is 0 Å². The highest BCUT2D eigenvalue weighted by Gasteiger charge is 2.11. The van der Waals surface area contributed by atoms with E-state index in [1.807, 2.05) is 17.9 Å². The van der Waals surface area contributed by atoms with Crippen LogP contribution in [0.25, 0.3) is 11.1 Å². The van der Waals surface area contributed by atoms with Crippen LogP contribution >= 0.6 is 0 Å². The fourth-order valence-corrected chi connectivity index (χ4v) is 2.32. The minimum Gasteiger partial charge on any atom is -0.275 e. The van der Waals surface area contributed by atoms with Crippen LogP contribution in [0.2, 0.25) is 0 Å². The smallest absolute Gasteiger partial charge is 0.0568 e. The van der Waals surface area contributed by atoms with E-state index in [0.29, 0.717) is 0 Å². The molecular weight excluding hydrogens is 184 g/mol. The van der Waals surface area contributed by atoms with Gasteiger partial charge in [-0.2, -0.15) is 5.10 Å². The maximum Gasteiger partial charge on any atom is 0.0568 e. The average Bonchev–Trinajstić information content (AvgIpc) is 2.84. The molecule has 15 heavy (non-hydrogen) atoms. The van der Waals surface area contributed by atoms with Gasteiger partial charge < -0.3 is 0 Å². The zero-order valence-corrected chi connectivity index (χ0v) is 8.90. The number of fused-ring (bicyclic) bond motifs is 1. The highest BCUT2D eigenvalue weighted by atomic mass is 15.2. The van der Waals surface area contributed by atoms with Gasteiger partial charge in [-0.25, -0.2) is 0 Å². The number of aromatic nitrogens is 2. The number of hydrogen-bond acceptors (Lipinski definition) is 1. The Morgan fingerprint density at radius 2 is 2.00 bits per heavy atom. The van der Waals surface area contributed by atoms with E-state index in [0.717, 1.165) is 0 Å². The fourth-order valence-electron chi connectivity index (χ4n) is 2.32. The molecule has 3 rings (SSSR count). The maximum absolute atomic E-state index is 4.20. The van der Waals surface area contributed by atoms with Gasteiger partial charge in [-0.05, 0) is 36.0 Å². The van der Waals surface area contributed by atoms with Crippen LogP contribution in [-0.4, -0.2) is 9.78 Å². The lowest BCUT2D eigenvalue weighted by atomic mass is 10.0. The number of aryl methyl sites for hydroxylation is 3. The van der Waals surface area contributed by atoms with Gasteiger partial charge in [0.2, 0.25) is 0 Å². The van der Waals surface area contributed by atoms with Gasteiger partial charge in [0.15, 0.2) is 0 Å².